The van der Waals surface area contributed by atoms with Crippen LogP contribution in [-0.2, 0) is 10.4 Å². The molecule has 5 nitrogen and oxygen atoms in total. The zero-order valence-corrected chi connectivity index (χ0v) is 10.9. The van der Waals surface area contributed by atoms with Crippen molar-refractivity contribution in [3.05, 3.63) is 24.3 Å². The molecule has 0 aliphatic carbocycles. The van der Waals surface area contributed by atoms with Crippen LogP contribution in [0.5, 0.6) is 5.75 Å². The molecule has 3 N–H and O–H groups in total. The van der Waals surface area contributed by atoms with Gasteiger partial charge in [-0.3, -0.25) is 4.55 Å². The summed E-state index contributed by atoms with van der Waals surface area (Å²) >= 11 is 0. The van der Waals surface area contributed by atoms with Gasteiger partial charge in [0.25, 0.3) is 0 Å². The first-order valence-corrected chi connectivity index (χ1v) is 4.36. The van der Waals surface area contributed by atoms with Crippen LogP contribution < -0.4 is 9.92 Å². The third-order valence-electron chi connectivity index (χ3n) is 1.08. The Hall–Kier alpha value is 0.366. The molecular formula is C6H7KNO4S. The Morgan fingerprint density at radius 3 is 2.08 bits per heavy atom. The van der Waals surface area contributed by atoms with E-state index in [2.05, 4.69) is 4.18 Å². The average molecular weight is 228 g/mol. The molecule has 0 saturated heterocycles. The van der Waals surface area contributed by atoms with E-state index in [0.29, 0.717) is 5.69 Å². The van der Waals surface area contributed by atoms with Crippen LogP contribution >= 0.6 is 0 Å². The standard InChI is InChI=1S/C6H7NO4S.K/c7-5-1-3-6(4-2-5)11-12(8,9)10;/h1-4H,7H2,(H,8,9,10);. The van der Waals surface area contributed by atoms with Crippen molar-refractivity contribution in [2.45, 2.75) is 0 Å². The molecule has 0 saturated carbocycles. The molecule has 67 valence electrons. The minimum Gasteiger partial charge on any atom is -0.399 e. The van der Waals surface area contributed by atoms with E-state index in [1.807, 2.05) is 0 Å². The monoisotopic (exact) mass is 228 g/mol. The molecule has 0 aromatic heterocycles. The zero-order valence-electron chi connectivity index (χ0n) is 6.97. The summed E-state index contributed by atoms with van der Waals surface area (Å²) in [7, 11) is -4.43. The molecule has 0 atom stereocenters. The first-order valence-electron chi connectivity index (χ1n) is 3.00. The summed E-state index contributed by atoms with van der Waals surface area (Å²) in [4.78, 5) is 0. The van der Waals surface area contributed by atoms with Crippen molar-refractivity contribution in [2.24, 2.45) is 0 Å². The fraction of sp³-hybridized carbons (Fsp3) is 0. The molecule has 1 aromatic carbocycles. The molecular weight excluding hydrogens is 221 g/mol. The van der Waals surface area contributed by atoms with E-state index in [4.69, 9.17) is 10.3 Å². The molecule has 7 heteroatoms. The van der Waals surface area contributed by atoms with E-state index in [1.165, 1.54) is 24.3 Å². The van der Waals surface area contributed by atoms with Crippen molar-refractivity contribution in [3.8, 4) is 5.75 Å². The van der Waals surface area contributed by atoms with Crippen molar-refractivity contribution < 1.29 is 17.2 Å². The van der Waals surface area contributed by atoms with Crippen LogP contribution in [0, 0.1) is 0 Å². The van der Waals surface area contributed by atoms with Gasteiger partial charge in [0.05, 0.1) is 0 Å². The summed E-state index contributed by atoms with van der Waals surface area (Å²) in [6.07, 6.45) is 0. The van der Waals surface area contributed by atoms with Gasteiger partial charge in [-0.1, -0.05) is 0 Å². The summed E-state index contributed by atoms with van der Waals surface area (Å²) < 4.78 is 32.8. The van der Waals surface area contributed by atoms with E-state index in [9.17, 15) is 8.42 Å². The van der Waals surface area contributed by atoms with Crippen molar-refractivity contribution >= 4 is 67.5 Å². The molecule has 1 radical (unpaired) electrons. The Balaban J connectivity index is 0.00000144. The van der Waals surface area contributed by atoms with E-state index in [0.717, 1.165) is 0 Å². The van der Waals surface area contributed by atoms with Crippen LogP contribution in [0.25, 0.3) is 0 Å². The van der Waals surface area contributed by atoms with Crippen LogP contribution in [0.2, 0.25) is 0 Å². The third-order valence-corrected chi connectivity index (χ3v) is 1.48. The van der Waals surface area contributed by atoms with Crippen LogP contribution in [0.15, 0.2) is 24.3 Å². The summed E-state index contributed by atoms with van der Waals surface area (Å²) in [5.74, 6) is 0.0201. The van der Waals surface area contributed by atoms with Gasteiger partial charge in [0.15, 0.2) is 0 Å². The Morgan fingerprint density at radius 1 is 1.23 bits per heavy atom. The maximum atomic E-state index is 10.2. The number of hydrogen-bond donors (Lipinski definition) is 2. The molecule has 0 heterocycles. The van der Waals surface area contributed by atoms with Gasteiger partial charge < -0.3 is 9.92 Å². The number of anilines is 1. The molecule has 0 spiro atoms. The van der Waals surface area contributed by atoms with Gasteiger partial charge in [-0.15, -0.1) is 0 Å². The van der Waals surface area contributed by atoms with Gasteiger partial charge in [-0.2, -0.15) is 8.42 Å². The van der Waals surface area contributed by atoms with Gasteiger partial charge >= 0.3 is 10.4 Å². The number of benzene rings is 1. The van der Waals surface area contributed by atoms with Crippen molar-refractivity contribution in [3.63, 3.8) is 0 Å². The molecule has 1 aromatic rings. The van der Waals surface area contributed by atoms with Crippen LogP contribution in [-0.4, -0.2) is 64.4 Å². The van der Waals surface area contributed by atoms with E-state index >= 15 is 0 Å². The molecule has 0 aliphatic rings. The maximum absolute atomic E-state index is 10.2. The first-order chi connectivity index (χ1) is 5.47. The van der Waals surface area contributed by atoms with E-state index in [-0.39, 0.29) is 57.1 Å². The first kappa shape index (κ1) is 13.4. The molecule has 0 amide bonds. The fourth-order valence-corrected chi connectivity index (χ4v) is 0.999. The second kappa shape index (κ2) is 5.30. The number of rotatable bonds is 2. The second-order valence-corrected chi connectivity index (χ2v) is 3.10. The molecule has 1 rings (SSSR count). The predicted molar refractivity (Wildman–Crippen MR) is 48.8 cm³/mol. The molecule has 0 fully saturated rings. The Labute approximate surface area is 119 Å². The molecule has 0 bridgehead atoms. The maximum Gasteiger partial charge on any atom is 0.446 e. The van der Waals surface area contributed by atoms with Gasteiger partial charge in [0, 0.05) is 57.1 Å². The van der Waals surface area contributed by atoms with Gasteiger partial charge in [-0.25, -0.2) is 0 Å². The minimum absolute atomic E-state index is 0. The quantitative estimate of drug-likeness (QED) is 0.425. The van der Waals surface area contributed by atoms with Gasteiger partial charge in [0.1, 0.15) is 5.75 Å². The van der Waals surface area contributed by atoms with Crippen LogP contribution in [0.1, 0.15) is 0 Å². The minimum atomic E-state index is -4.43. The Morgan fingerprint density at radius 2 is 1.69 bits per heavy atom. The Bertz CT molecular complexity index is 361. The van der Waals surface area contributed by atoms with E-state index in [1.54, 1.807) is 0 Å². The number of hydrogen-bond acceptors (Lipinski definition) is 4. The van der Waals surface area contributed by atoms with Crippen molar-refractivity contribution in [2.75, 3.05) is 5.73 Å². The van der Waals surface area contributed by atoms with Crippen LogP contribution in [0.3, 0.4) is 0 Å². The smallest absolute Gasteiger partial charge is 0.399 e. The van der Waals surface area contributed by atoms with Crippen molar-refractivity contribution in [1.82, 2.24) is 0 Å². The predicted octanol–water partition coefficient (Wildman–Crippen LogP) is 0.0696. The SMILES string of the molecule is Nc1ccc(OS(=O)(=O)O)cc1.[K]. The molecule has 0 unspecified atom stereocenters. The Kier molecular flexibility index (Phi) is 5.45. The second-order valence-electron chi connectivity index (χ2n) is 2.08. The summed E-state index contributed by atoms with van der Waals surface area (Å²) in [5, 5.41) is 0. The summed E-state index contributed by atoms with van der Waals surface area (Å²) in [5.41, 5.74) is 5.81. The third kappa shape index (κ3) is 5.63. The fourth-order valence-electron chi connectivity index (χ4n) is 0.645. The molecule has 13 heavy (non-hydrogen) atoms. The summed E-state index contributed by atoms with van der Waals surface area (Å²) in [6, 6.07) is 5.59. The molecule has 0 aliphatic heterocycles. The number of nitrogens with two attached hydrogens (primary N) is 1. The van der Waals surface area contributed by atoms with Gasteiger partial charge in [0.2, 0.25) is 0 Å². The zero-order chi connectivity index (χ0) is 9.19. The average Bonchev–Trinajstić information content (AvgIpc) is 1.91. The van der Waals surface area contributed by atoms with Gasteiger partial charge in [-0.05, 0) is 24.3 Å². The normalized spacial score (nSPS) is 10.2. The van der Waals surface area contributed by atoms with E-state index < -0.39 is 10.4 Å². The number of nitrogen functional groups attached to an aromatic ring is 1. The topological polar surface area (TPSA) is 89.6 Å². The summed E-state index contributed by atoms with van der Waals surface area (Å²) in [6.45, 7) is 0. The van der Waals surface area contributed by atoms with Crippen LogP contribution in [0.4, 0.5) is 5.69 Å². The largest absolute Gasteiger partial charge is 0.446 e. The van der Waals surface area contributed by atoms with Crippen molar-refractivity contribution in [1.29, 1.82) is 0 Å².